The third-order valence-corrected chi connectivity index (χ3v) is 3.24. The molecule has 0 aliphatic heterocycles. The summed E-state index contributed by atoms with van der Waals surface area (Å²) in [6.45, 7) is 4.73. The quantitative estimate of drug-likeness (QED) is 0.842. The van der Waals surface area contributed by atoms with Gasteiger partial charge in [0.25, 0.3) is 0 Å². The van der Waals surface area contributed by atoms with Crippen LogP contribution in [0.1, 0.15) is 25.5 Å². The molecular formula is C17H19NO. The number of hydrogen-bond donors (Lipinski definition) is 1. The van der Waals surface area contributed by atoms with Crippen molar-refractivity contribution in [3.8, 4) is 17.6 Å². The van der Waals surface area contributed by atoms with E-state index in [4.69, 9.17) is 4.74 Å². The van der Waals surface area contributed by atoms with Gasteiger partial charge in [-0.2, -0.15) is 0 Å². The van der Waals surface area contributed by atoms with Gasteiger partial charge in [-0.15, -0.1) is 5.92 Å². The molecule has 1 N–H and O–H groups in total. The molecule has 2 nitrogen and oxygen atoms in total. The molecule has 0 fully saturated rings. The van der Waals surface area contributed by atoms with E-state index in [9.17, 15) is 0 Å². The molecule has 0 aliphatic carbocycles. The van der Waals surface area contributed by atoms with E-state index in [0.29, 0.717) is 6.04 Å². The molecule has 0 saturated carbocycles. The van der Waals surface area contributed by atoms with Gasteiger partial charge in [-0.25, -0.2) is 0 Å². The van der Waals surface area contributed by atoms with Crippen molar-refractivity contribution in [2.75, 3.05) is 13.7 Å². The van der Waals surface area contributed by atoms with Crippen LogP contribution < -0.4 is 10.1 Å². The lowest BCUT2D eigenvalue weighted by Gasteiger charge is -2.13. The minimum absolute atomic E-state index is 0.298. The molecule has 0 bridgehead atoms. The number of nitrogens with one attached hydrogen (secondary N) is 1. The maximum absolute atomic E-state index is 5.24. The highest BCUT2D eigenvalue weighted by Gasteiger charge is 2.05. The normalized spacial score (nSPS) is 11.7. The first kappa shape index (κ1) is 13.5. The Morgan fingerprint density at radius 2 is 1.89 bits per heavy atom. The smallest absolute Gasteiger partial charge is 0.119 e. The number of ether oxygens (including phenoxy) is 1. The first-order valence-corrected chi connectivity index (χ1v) is 6.45. The number of benzene rings is 2. The van der Waals surface area contributed by atoms with Crippen molar-refractivity contribution in [1.29, 1.82) is 0 Å². The van der Waals surface area contributed by atoms with Gasteiger partial charge in [0.15, 0.2) is 0 Å². The van der Waals surface area contributed by atoms with Gasteiger partial charge >= 0.3 is 0 Å². The number of methoxy groups -OCH3 is 1. The summed E-state index contributed by atoms with van der Waals surface area (Å²) in [5, 5.41) is 5.82. The summed E-state index contributed by atoms with van der Waals surface area (Å²) in [6, 6.07) is 12.9. The first-order valence-electron chi connectivity index (χ1n) is 6.45. The minimum atomic E-state index is 0.298. The fraction of sp³-hybridized carbons (Fsp3) is 0.294. The lowest BCUT2D eigenvalue weighted by Crippen LogP contribution is -2.18. The lowest BCUT2D eigenvalue weighted by atomic mass is 10.0. The van der Waals surface area contributed by atoms with Crippen LogP contribution in [0, 0.1) is 11.8 Å². The molecule has 2 rings (SSSR count). The molecule has 0 heterocycles. The van der Waals surface area contributed by atoms with E-state index < -0.39 is 0 Å². The van der Waals surface area contributed by atoms with Crippen LogP contribution in [0.3, 0.4) is 0 Å². The zero-order valence-corrected chi connectivity index (χ0v) is 11.7. The molecular weight excluding hydrogens is 234 g/mol. The van der Waals surface area contributed by atoms with E-state index in [-0.39, 0.29) is 0 Å². The van der Waals surface area contributed by atoms with Crippen molar-refractivity contribution in [3.05, 3.63) is 42.0 Å². The Kier molecular flexibility index (Phi) is 4.43. The van der Waals surface area contributed by atoms with E-state index in [1.807, 2.05) is 13.0 Å². The van der Waals surface area contributed by atoms with Crippen LogP contribution in [0.25, 0.3) is 10.8 Å². The van der Waals surface area contributed by atoms with Gasteiger partial charge < -0.3 is 4.74 Å². The van der Waals surface area contributed by atoms with Gasteiger partial charge in [0.05, 0.1) is 13.7 Å². The summed E-state index contributed by atoms with van der Waals surface area (Å²) in [6.07, 6.45) is 0. The predicted octanol–water partition coefficient (Wildman–Crippen LogP) is 3.52. The van der Waals surface area contributed by atoms with E-state index in [2.05, 4.69) is 54.4 Å². The van der Waals surface area contributed by atoms with E-state index in [1.165, 1.54) is 16.3 Å². The number of rotatable bonds is 4. The molecule has 0 amide bonds. The molecule has 2 heteroatoms. The molecule has 0 radical (unpaired) electrons. The summed E-state index contributed by atoms with van der Waals surface area (Å²) in [5.74, 6) is 6.81. The van der Waals surface area contributed by atoms with Gasteiger partial charge in [0.2, 0.25) is 0 Å². The molecule has 19 heavy (non-hydrogen) atoms. The van der Waals surface area contributed by atoms with Crippen LogP contribution >= 0.6 is 0 Å². The molecule has 2 aromatic rings. The van der Waals surface area contributed by atoms with E-state index >= 15 is 0 Å². The second kappa shape index (κ2) is 6.26. The molecule has 0 saturated heterocycles. The van der Waals surface area contributed by atoms with Crippen molar-refractivity contribution in [2.24, 2.45) is 0 Å². The van der Waals surface area contributed by atoms with Gasteiger partial charge in [-0.05, 0) is 48.4 Å². The highest BCUT2D eigenvalue weighted by molar-refractivity contribution is 5.84. The lowest BCUT2D eigenvalue weighted by molar-refractivity contribution is 0.415. The molecule has 0 aromatic heterocycles. The van der Waals surface area contributed by atoms with Gasteiger partial charge in [-0.1, -0.05) is 24.1 Å². The number of hydrogen-bond acceptors (Lipinski definition) is 2. The SMILES string of the molecule is CC#CCNC(C)c1ccc2cc(OC)ccc2c1. The van der Waals surface area contributed by atoms with Gasteiger partial charge in [-0.3, -0.25) is 5.32 Å². The van der Waals surface area contributed by atoms with Crippen LogP contribution in [-0.4, -0.2) is 13.7 Å². The van der Waals surface area contributed by atoms with Crippen molar-refractivity contribution in [2.45, 2.75) is 19.9 Å². The van der Waals surface area contributed by atoms with E-state index in [1.54, 1.807) is 7.11 Å². The molecule has 1 unspecified atom stereocenters. The average molecular weight is 253 g/mol. The van der Waals surface area contributed by atoms with Crippen LogP contribution in [0.5, 0.6) is 5.75 Å². The van der Waals surface area contributed by atoms with Crippen LogP contribution in [0.2, 0.25) is 0 Å². The molecule has 98 valence electrons. The topological polar surface area (TPSA) is 21.3 Å². The zero-order chi connectivity index (χ0) is 13.7. The minimum Gasteiger partial charge on any atom is -0.497 e. The Hall–Kier alpha value is -1.98. The molecule has 0 aliphatic rings. The van der Waals surface area contributed by atoms with Crippen LogP contribution in [0.15, 0.2) is 36.4 Å². The van der Waals surface area contributed by atoms with Crippen molar-refractivity contribution in [3.63, 3.8) is 0 Å². The fourth-order valence-corrected chi connectivity index (χ4v) is 2.05. The summed E-state index contributed by atoms with van der Waals surface area (Å²) in [4.78, 5) is 0. The highest BCUT2D eigenvalue weighted by atomic mass is 16.5. The fourth-order valence-electron chi connectivity index (χ4n) is 2.05. The predicted molar refractivity (Wildman–Crippen MR) is 80.4 cm³/mol. The van der Waals surface area contributed by atoms with Gasteiger partial charge in [0.1, 0.15) is 5.75 Å². The average Bonchev–Trinajstić information content (AvgIpc) is 2.46. The summed E-state index contributed by atoms with van der Waals surface area (Å²) >= 11 is 0. The zero-order valence-electron chi connectivity index (χ0n) is 11.7. The largest absolute Gasteiger partial charge is 0.497 e. The number of fused-ring (bicyclic) bond motifs is 1. The summed E-state index contributed by atoms with van der Waals surface area (Å²) < 4.78 is 5.24. The maximum Gasteiger partial charge on any atom is 0.119 e. The van der Waals surface area contributed by atoms with Gasteiger partial charge in [0, 0.05) is 6.04 Å². The molecule has 2 aromatic carbocycles. The maximum atomic E-state index is 5.24. The summed E-state index contributed by atoms with van der Waals surface area (Å²) in [5.41, 5.74) is 1.27. The Balaban J connectivity index is 2.22. The molecule has 1 atom stereocenters. The summed E-state index contributed by atoms with van der Waals surface area (Å²) in [7, 11) is 1.69. The van der Waals surface area contributed by atoms with Crippen molar-refractivity contribution in [1.82, 2.24) is 5.32 Å². The highest BCUT2D eigenvalue weighted by Crippen LogP contribution is 2.24. The Bertz CT molecular complexity index is 622. The third-order valence-electron chi connectivity index (χ3n) is 3.24. The van der Waals surface area contributed by atoms with Crippen LogP contribution in [-0.2, 0) is 0 Å². The monoisotopic (exact) mass is 253 g/mol. The van der Waals surface area contributed by atoms with Crippen molar-refractivity contribution < 1.29 is 4.74 Å². The third kappa shape index (κ3) is 3.27. The standard InChI is InChI=1S/C17H19NO/c1-4-5-10-18-13(2)14-6-7-16-12-17(19-3)9-8-15(16)11-14/h6-9,11-13,18H,10H2,1-3H3. The first-order chi connectivity index (χ1) is 9.24. The second-order valence-electron chi connectivity index (χ2n) is 4.50. The Labute approximate surface area is 114 Å². The van der Waals surface area contributed by atoms with Crippen LogP contribution in [0.4, 0.5) is 0 Å². The van der Waals surface area contributed by atoms with Crippen molar-refractivity contribution >= 4 is 10.8 Å². The Morgan fingerprint density at radius 1 is 1.16 bits per heavy atom. The Morgan fingerprint density at radius 3 is 2.63 bits per heavy atom. The second-order valence-corrected chi connectivity index (χ2v) is 4.50. The van der Waals surface area contributed by atoms with E-state index in [0.717, 1.165) is 12.3 Å². The molecule has 0 spiro atoms.